The van der Waals surface area contributed by atoms with E-state index in [0.717, 1.165) is 11.8 Å². The molecular weight excluding hydrogens is 168 g/mol. The molecule has 0 spiro atoms. The Morgan fingerprint density at radius 1 is 0.857 bits per heavy atom. The van der Waals surface area contributed by atoms with Crippen molar-refractivity contribution in [2.75, 3.05) is 0 Å². The molecule has 0 bridgehead atoms. The molecular formula is C14H30. The fourth-order valence-corrected chi connectivity index (χ4v) is 2.26. The van der Waals surface area contributed by atoms with Crippen LogP contribution < -0.4 is 0 Å². The largest absolute Gasteiger partial charge is 0.0654 e. The minimum atomic E-state index is 1.00. The molecule has 0 saturated heterocycles. The average molecular weight is 198 g/mol. The topological polar surface area (TPSA) is 0 Å². The summed E-state index contributed by atoms with van der Waals surface area (Å²) in [5, 5.41) is 0. The normalized spacial score (nSPS) is 27.4. The van der Waals surface area contributed by atoms with Crippen molar-refractivity contribution in [2.24, 2.45) is 11.8 Å². The number of rotatable bonds is 2. The summed E-state index contributed by atoms with van der Waals surface area (Å²) in [5.74, 6) is 2.00. The Labute approximate surface area is 91.5 Å². The van der Waals surface area contributed by atoms with Crippen molar-refractivity contribution in [1.82, 2.24) is 0 Å². The maximum absolute atomic E-state index is 2.39. The fraction of sp³-hybridized carbons (Fsp3) is 1.00. The van der Waals surface area contributed by atoms with Gasteiger partial charge in [-0.15, -0.1) is 0 Å². The molecule has 86 valence electrons. The molecule has 1 aliphatic carbocycles. The molecule has 2 atom stereocenters. The SMILES string of the molecule is CC1CCCCC(C)C1.CCCCC. The average Bonchev–Trinajstić information content (AvgIpc) is 2.32. The van der Waals surface area contributed by atoms with Gasteiger partial charge in [-0.25, -0.2) is 0 Å². The van der Waals surface area contributed by atoms with Gasteiger partial charge in [0, 0.05) is 0 Å². The predicted molar refractivity (Wildman–Crippen MR) is 66.6 cm³/mol. The lowest BCUT2D eigenvalue weighted by molar-refractivity contribution is 0.423. The van der Waals surface area contributed by atoms with Gasteiger partial charge in [0.1, 0.15) is 0 Å². The van der Waals surface area contributed by atoms with Gasteiger partial charge in [-0.2, -0.15) is 0 Å². The van der Waals surface area contributed by atoms with Crippen molar-refractivity contribution in [3.63, 3.8) is 0 Å². The Morgan fingerprint density at radius 3 is 1.57 bits per heavy atom. The van der Waals surface area contributed by atoms with Crippen LogP contribution >= 0.6 is 0 Å². The molecule has 0 heterocycles. The number of unbranched alkanes of at least 4 members (excludes halogenated alkanes) is 2. The Hall–Kier alpha value is 0. The van der Waals surface area contributed by atoms with E-state index < -0.39 is 0 Å². The fourth-order valence-electron chi connectivity index (χ4n) is 2.26. The van der Waals surface area contributed by atoms with Crippen LogP contribution in [0.4, 0.5) is 0 Å². The first-order chi connectivity index (χ1) is 6.70. The first kappa shape index (κ1) is 14.0. The summed E-state index contributed by atoms with van der Waals surface area (Å²) in [6.07, 6.45) is 11.5. The van der Waals surface area contributed by atoms with Gasteiger partial charge in [0.2, 0.25) is 0 Å². The highest BCUT2D eigenvalue weighted by atomic mass is 14.2. The van der Waals surface area contributed by atoms with E-state index in [-0.39, 0.29) is 0 Å². The first-order valence-corrected chi connectivity index (χ1v) is 6.70. The second-order valence-corrected chi connectivity index (χ2v) is 5.08. The highest BCUT2D eigenvalue weighted by Crippen LogP contribution is 2.26. The zero-order valence-electron chi connectivity index (χ0n) is 10.8. The zero-order valence-corrected chi connectivity index (χ0v) is 10.8. The van der Waals surface area contributed by atoms with Crippen LogP contribution in [0.15, 0.2) is 0 Å². The van der Waals surface area contributed by atoms with E-state index in [1.54, 1.807) is 0 Å². The van der Waals surface area contributed by atoms with E-state index >= 15 is 0 Å². The first-order valence-electron chi connectivity index (χ1n) is 6.70. The van der Waals surface area contributed by atoms with E-state index in [0.29, 0.717) is 0 Å². The van der Waals surface area contributed by atoms with Gasteiger partial charge < -0.3 is 0 Å². The molecule has 0 aromatic carbocycles. The summed E-state index contributed by atoms with van der Waals surface area (Å²) >= 11 is 0. The van der Waals surface area contributed by atoms with Crippen LogP contribution in [0.3, 0.4) is 0 Å². The van der Waals surface area contributed by atoms with Crippen molar-refractivity contribution in [2.45, 2.75) is 79.1 Å². The molecule has 0 N–H and O–H groups in total. The molecule has 1 fully saturated rings. The van der Waals surface area contributed by atoms with Crippen molar-refractivity contribution in [3.8, 4) is 0 Å². The molecule has 0 aromatic rings. The van der Waals surface area contributed by atoms with Crippen molar-refractivity contribution in [1.29, 1.82) is 0 Å². The molecule has 0 nitrogen and oxygen atoms in total. The molecule has 14 heavy (non-hydrogen) atoms. The minimum absolute atomic E-state index is 1.00. The molecule has 1 aliphatic rings. The second kappa shape index (κ2) is 9.55. The molecule has 0 aliphatic heterocycles. The Morgan fingerprint density at radius 2 is 1.29 bits per heavy atom. The number of hydrogen-bond acceptors (Lipinski definition) is 0. The van der Waals surface area contributed by atoms with Gasteiger partial charge >= 0.3 is 0 Å². The predicted octanol–water partition coefficient (Wildman–Crippen LogP) is 5.42. The highest BCUT2D eigenvalue weighted by molar-refractivity contribution is 4.64. The summed E-state index contributed by atoms with van der Waals surface area (Å²) < 4.78 is 0. The molecule has 1 rings (SSSR count). The lowest BCUT2D eigenvalue weighted by Gasteiger charge is -2.09. The van der Waals surface area contributed by atoms with Crippen molar-refractivity contribution >= 4 is 0 Å². The van der Waals surface area contributed by atoms with Crippen LogP contribution in [0.2, 0.25) is 0 Å². The van der Waals surface area contributed by atoms with Crippen LogP contribution in [0, 0.1) is 11.8 Å². The number of hydrogen-bond donors (Lipinski definition) is 0. The van der Waals surface area contributed by atoms with Gasteiger partial charge in [-0.05, 0) is 18.3 Å². The van der Waals surface area contributed by atoms with E-state index in [2.05, 4.69) is 27.7 Å². The second-order valence-electron chi connectivity index (χ2n) is 5.08. The molecule has 0 radical (unpaired) electrons. The van der Waals surface area contributed by atoms with E-state index in [9.17, 15) is 0 Å². The van der Waals surface area contributed by atoms with Crippen molar-refractivity contribution < 1.29 is 0 Å². The van der Waals surface area contributed by atoms with Crippen LogP contribution in [0.25, 0.3) is 0 Å². The third-order valence-electron chi connectivity index (χ3n) is 3.16. The van der Waals surface area contributed by atoms with Gasteiger partial charge in [-0.3, -0.25) is 0 Å². The van der Waals surface area contributed by atoms with E-state index in [4.69, 9.17) is 0 Å². The van der Waals surface area contributed by atoms with Crippen molar-refractivity contribution in [3.05, 3.63) is 0 Å². The summed E-state index contributed by atoms with van der Waals surface area (Å²) in [6.45, 7) is 9.20. The molecule has 0 heteroatoms. The summed E-state index contributed by atoms with van der Waals surface area (Å²) in [6, 6.07) is 0. The van der Waals surface area contributed by atoms with E-state index in [1.165, 1.54) is 51.4 Å². The van der Waals surface area contributed by atoms with Gasteiger partial charge in [-0.1, -0.05) is 72.6 Å². The third kappa shape index (κ3) is 8.59. The maximum atomic E-state index is 2.39. The third-order valence-corrected chi connectivity index (χ3v) is 3.16. The lowest BCUT2D eigenvalue weighted by atomic mass is 9.97. The monoisotopic (exact) mass is 198 g/mol. The summed E-state index contributed by atoms with van der Waals surface area (Å²) in [4.78, 5) is 0. The smallest absolute Gasteiger partial charge is 0.0440 e. The summed E-state index contributed by atoms with van der Waals surface area (Å²) in [5.41, 5.74) is 0. The molecule has 2 unspecified atom stereocenters. The molecule has 0 aromatic heterocycles. The van der Waals surface area contributed by atoms with Gasteiger partial charge in [0.05, 0.1) is 0 Å². The Balaban J connectivity index is 0.000000292. The van der Waals surface area contributed by atoms with Gasteiger partial charge in [0.15, 0.2) is 0 Å². The van der Waals surface area contributed by atoms with Crippen LogP contribution in [0.5, 0.6) is 0 Å². The van der Waals surface area contributed by atoms with E-state index in [1.807, 2.05) is 0 Å². The maximum Gasteiger partial charge on any atom is -0.0440 e. The van der Waals surface area contributed by atoms with Gasteiger partial charge in [0.25, 0.3) is 0 Å². The minimum Gasteiger partial charge on any atom is -0.0654 e. The standard InChI is InChI=1S/C9H18.C5H12/c1-8-5-3-4-6-9(2)7-8;1-3-5-4-2/h8-9H,3-7H2,1-2H3;3-5H2,1-2H3. The lowest BCUT2D eigenvalue weighted by Crippen LogP contribution is -1.97. The summed E-state index contributed by atoms with van der Waals surface area (Å²) in [7, 11) is 0. The highest BCUT2D eigenvalue weighted by Gasteiger charge is 2.12. The van der Waals surface area contributed by atoms with Crippen LogP contribution in [-0.4, -0.2) is 0 Å². The van der Waals surface area contributed by atoms with Crippen LogP contribution in [-0.2, 0) is 0 Å². The quantitative estimate of drug-likeness (QED) is 0.520. The Kier molecular flexibility index (Phi) is 9.55. The Bertz CT molecular complexity index is 94.6. The molecule has 1 saturated carbocycles. The molecule has 0 amide bonds. The zero-order chi connectivity index (χ0) is 10.8. The van der Waals surface area contributed by atoms with Crippen LogP contribution in [0.1, 0.15) is 79.1 Å².